The van der Waals surface area contributed by atoms with Crippen molar-refractivity contribution in [2.45, 2.75) is 0 Å². The van der Waals surface area contributed by atoms with Gasteiger partial charge < -0.3 is 15.5 Å². The van der Waals surface area contributed by atoms with Crippen LogP contribution in [0.3, 0.4) is 0 Å². The van der Waals surface area contributed by atoms with Crippen LogP contribution in [0.1, 0.15) is 10.4 Å². The summed E-state index contributed by atoms with van der Waals surface area (Å²) in [6, 6.07) is 13.5. The number of carbonyl (C=O) groups is 1. The molecular weight excluding hydrogens is 328 g/mol. The van der Waals surface area contributed by atoms with Crippen LogP contribution < -0.4 is 5.32 Å². The van der Waals surface area contributed by atoms with Gasteiger partial charge in [-0.3, -0.25) is 4.98 Å². The molecule has 1 aromatic heterocycles. The van der Waals surface area contributed by atoms with Crippen LogP contribution in [0.2, 0.25) is 5.02 Å². The Morgan fingerprint density at radius 1 is 1.00 bits per heavy atom. The summed E-state index contributed by atoms with van der Waals surface area (Å²) in [7, 11) is 0. The lowest BCUT2D eigenvalue weighted by atomic mass is 10.0. The number of pyridine rings is 1. The maximum absolute atomic E-state index is 11.0. The maximum Gasteiger partial charge on any atom is 0.339 e. The molecule has 0 radical (unpaired) electrons. The van der Waals surface area contributed by atoms with Crippen molar-refractivity contribution in [3.8, 4) is 16.9 Å². The molecule has 3 aromatic rings. The lowest BCUT2D eigenvalue weighted by Crippen LogP contribution is -1.97. The van der Waals surface area contributed by atoms with Crippen molar-refractivity contribution < 1.29 is 15.0 Å². The van der Waals surface area contributed by atoms with Gasteiger partial charge in [-0.2, -0.15) is 0 Å². The third-order valence-corrected chi connectivity index (χ3v) is 3.65. The normalized spacial score (nSPS) is 10.4. The number of hydrogen-bond acceptors (Lipinski definition) is 4. The molecule has 0 amide bonds. The molecule has 0 bridgehead atoms. The Kier molecular flexibility index (Phi) is 4.35. The van der Waals surface area contributed by atoms with E-state index >= 15 is 0 Å². The Morgan fingerprint density at radius 3 is 2.54 bits per heavy atom. The molecule has 5 nitrogen and oxygen atoms in total. The minimum Gasteiger partial charge on any atom is -0.507 e. The molecular formula is C18H13ClN2O3. The summed E-state index contributed by atoms with van der Waals surface area (Å²) in [6.07, 6.45) is 3.30. The number of rotatable bonds is 4. The molecule has 0 fully saturated rings. The summed E-state index contributed by atoms with van der Waals surface area (Å²) in [4.78, 5) is 15.1. The summed E-state index contributed by atoms with van der Waals surface area (Å²) < 4.78 is 0. The molecule has 24 heavy (non-hydrogen) atoms. The van der Waals surface area contributed by atoms with Crippen LogP contribution in [0.15, 0.2) is 60.9 Å². The molecule has 3 rings (SSSR count). The van der Waals surface area contributed by atoms with Crippen molar-refractivity contribution in [2.75, 3.05) is 5.32 Å². The average Bonchev–Trinajstić information content (AvgIpc) is 2.54. The second-order valence-electron chi connectivity index (χ2n) is 5.13. The van der Waals surface area contributed by atoms with Crippen LogP contribution >= 0.6 is 11.6 Å². The number of anilines is 2. The molecule has 0 unspecified atom stereocenters. The zero-order valence-corrected chi connectivity index (χ0v) is 13.2. The first-order valence-corrected chi connectivity index (χ1v) is 7.45. The summed E-state index contributed by atoms with van der Waals surface area (Å²) in [5.74, 6) is -1.46. The van der Waals surface area contributed by atoms with Gasteiger partial charge in [0, 0.05) is 22.5 Å². The number of hydrogen-bond donors (Lipinski definition) is 3. The van der Waals surface area contributed by atoms with Gasteiger partial charge >= 0.3 is 5.97 Å². The number of halogens is 1. The fourth-order valence-corrected chi connectivity index (χ4v) is 2.48. The van der Waals surface area contributed by atoms with Gasteiger partial charge in [0.15, 0.2) is 0 Å². The fraction of sp³-hybridized carbons (Fsp3) is 0. The number of benzene rings is 2. The van der Waals surface area contributed by atoms with Crippen molar-refractivity contribution in [1.82, 2.24) is 4.98 Å². The lowest BCUT2D eigenvalue weighted by molar-refractivity contribution is 0.0694. The number of nitrogens with zero attached hydrogens (tertiary/aromatic N) is 1. The van der Waals surface area contributed by atoms with E-state index in [0.29, 0.717) is 10.6 Å². The Labute approximate surface area is 143 Å². The summed E-state index contributed by atoms with van der Waals surface area (Å²) in [6.45, 7) is 0. The number of aromatic carboxylic acids is 1. The van der Waals surface area contributed by atoms with Crippen LogP contribution in [-0.2, 0) is 0 Å². The molecule has 0 saturated heterocycles. The van der Waals surface area contributed by atoms with E-state index in [1.165, 1.54) is 12.1 Å². The summed E-state index contributed by atoms with van der Waals surface area (Å²) >= 11 is 5.96. The number of nitrogens with one attached hydrogen (secondary N) is 1. The number of carboxylic acid groups (broad SMARTS) is 1. The summed E-state index contributed by atoms with van der Waals surface area (Å²) in [5.41, 5.74) is 2.84. The van der Waals surface area contributed by atoms with E-state index in [1.54, 1.807) is 30.6 Å². The average molecular weight is 341 g/mol. The minimum atomic E-state index is -1.17. The van der Waals surface area contributed by atoms with Crippen LogP contribution in [0.25, 0.3) is 11.1 Å². The Bertz CT molecular complexity index is 912. The standard InChI is InChI=1S/C18H13ClN2O3/c19-13-2-1-3-14(8-13)21-15-6-12(9-20-10-15)11-4-5-16(18(23)24)17(22)7-11/h1-10,21-22H,(H,23,24). The van der Waals surface area contributed by atoms with Crippen molar-refractivity contribution in [1.29, 1.82) is 0 Å². The van der Waals surface area contributed by atoms with Gasteiger partial charge in [-0.25, -0.2) is 4.79 Å². The molecule has 0 aliphatic carbocycles. The molecule has 120 valence electrons. The number of phenols is 1. The molecule has 0 aliphatic rings. The maximum atomic E-state index is 11.0. The second kappa shape index (κ2) is 6.60. The third-order valence-electron chi connectivity index (χ3n) is 3.41. The molecule has 0 spiro atoms. The molecule has 2 aromatic carbocycles. The topological polar surface area (TPSA) is 82.5 Å². The third kappa shape index (κ3) is 3.47. The number of aromatic nitrogens is 1. The molecule has 3 N–H and O–H groups in total. The van der Waals surface area contributed by atoms with Gasteiger partial charge in [-0.15, -0.1) is 0 Å². The van der Waals surface area contributed by atoms with Crippen molar-refractivity contribution >= 4 is 28.9 Å². The van der Waals surface area contributed by atoms with Crippen molar-refractivity contribution in [3.63, 3.8) is 0 Å². The van der Waals surface area contributed by atoms with E-state index in [4.69, 9.17) is 16.7 Å². The first-order valence-electron chi connectivity index (χ1n) is 7.07. The Balaban J connectivity index is 1.90. The second-order valence-corrected chi connectivity index (χ2v) is 5.57. The van der Waals surface area contributed by atoms with E-state index in [9.17, 15) is 9.90 Å². The Morgan fingerprint density at radius 2 is 1.83 bits per heavy atom. The molecule has 6 heteroatoms. The largest absolute Gasteiger partial charge is 0.507 e. The highest BCUT2D eigenvalue weighted by Crippen LogP contribution is 2.28. The highest BCUT2D eigenvalue weighted by Gasteiger charge is 2.11. The lowest BCUT2D eigenvalue weighted by Gasteiger charge is -2.09. The molecule has 0 saturated carbocycles. The SMILES string of the molecule is O=C(O)c1ccc(-c2cncc(Nc3cccc(Cl)c3)c2)cc1O. The van der Waals surface area contributed by atoms with Crippen LogP contribution in [0.4, 0.5) is 11.4 Å². The molecule has 0 aliphatic heterocycles. The predicted molar refractivity (Wildman–Crippen MR) is 93.0 cm³/mol. The summed E-state index contributed by atoms with van der Waals surface area (Å²) in [5, 5.41) is 22.6. The predicted octanol–water partition coefficient (Wildman–Crippen LogP) is 4.55. The highest BCUT2D eigenvalue weighted by molar-refractivity contribution is 6.30. The van der Waals surface area contributed by atoms with E-state index in [2.05, 4.69) is 10.3 Å². The molecule has 1 heterocycles. The Hall–Kier alpha value is -3.05. The van der Waals surface area contributed by atoms with Gasteiger partial charge in [-0.1, -0.05) is 23.7 Å². The van der Waals surface area contributed by atoms with E-state index in [1.807, 2.05) is 18.2 Å². The smallest absolute Gasteiger partial charge is 0.339 e. The quantitative estimate of drug-likeness (QED) is 0.649. The van der Waals surface area contributed by atoms with E-state index in [-0.39, 0.29) is 11.3 Å². The van der Waals surface area contributed by atoms with Gasteiger partial charge in [0.1, 0.15) is 11.3 Å². The van der Waals surface area contributed by atoms with E-state index < -0.39 is 5.97 Å². The minimum absolute atomic E-state index is 0.139. The van der Waals surface area contributed by atoms with Gasteiger partial charge in [-0.05, 0) is 42.0 Å². The van der Waals surface area contributed by atoms with Crippen LogP contribution in [0, 0.1) is 0 Å². The monoisotopic (exact) mass is 340 g/mol. The van der Waals surface area contributed by atoms with Gasteiger partial charge in [0.05, 0.1) is 11.9 Å². The molecule has 0 atom stereocenters. The van der Waals surface area contributed by atoms with Gasteiger partial charge in [0.25, 0.3) is 0 Å². The van der Waals surface area contributed by atoms with Crippen LogP contribution in [0.5, 0.6) is 5.75 Å². The van der Waals surface area contributed by atoms with Crippen molar-refractivity contribution in [3.05, 3.63) is 71.5 Å². The number of aromatic hydroxyl groups is 1. The zero-order valence-electron chi connectivity index (χ0n) is 12.4. The van der Waals surface area contributed by atoms with E-state index in [0.717, 1.165) is 16.9 Å². The number of carboxylic acids is 1. The zero-order chi connectivity index (χ0) is 17.1. The van der Waals surface area contributed by atoms with Crippen molar-refractivity contribution in [2.24, 2.45) is 0 Å². The van der Waals surface area contributed by atoms with Crippen LogP contribution in [-0.4, -0.2) is 21.2 Å². The van der Waals surface area contributed by atoms with Gasteiger partial charge in [0.2, 0.25) is 0 Å². The fourth-order valence-electron chi connectivity index (χ4n) is 2.29. The highest BCUT2D eigenvalue weighted by atomic mass is 35.5. The first-order chi connectivity index (χ1) is 11.5. The first kappa shape index (κ1) is 15.8.